The minimum atomic E-state index is -0.548. The Morgan fingerprint density at radius 1 is 1.11 bits per heavy atom. The van der Waals surface area contributed by atoms with Crippen molar-refractivity contribution in [2.24, 2.45) is 0 Å². The molecule has 0 fully saturated rings. The molecule has 0 saturated carbocycles. The van der Waals surface area contributed by atoms with Crippen LogP contribution < -0.4 is 4.74 Å². The first kappa shape index (κ1) is 13.1. The third-order valence-electron chi connectivity index (χ3n) is 2.74. The van der Waals surface area contributed by atoms with E-state index < -0.39 is 6.10 Å². The summed E-state index contributed by atoms with van der Waals surface area (Å²) in [7, 11) is 0. The summed E-state index contributed by atoms with van der Waals surface area (Å²) in [6.07, 6.45) is -0.548. The quantitative estimate of drug-likeness (QED) is 0.897. The minimum Gasteiger partial charge on any atom is -0.457 e. The fraction of sp³-hybridized carbons (Fsp3) is 0.200. The number of halogens is 1. The molecule has 2 aromatic rings. The monoisotopic (exact) mass is 306 g/mol. The van der Waals surface area contributed by atoms with Crippen LogP contribution in [-0.4, -0.2) is 5.11 Å². The van der Waals surface area contributed by atoms with Crippen molar-refractivity contribution in [3.8, 4) is 11.5 Å². The molecule has 1 atom stereocenters. The van der Waals surface area contributed by atoms with Crippen molar-refractivity contribution in [2.45, 2.75) is 20.0 Å². The van der Waals surface area contributed by atoms with Gasteiger partial charge in [0.15, 0.2) is 0 Å². The average molecular weight is 307 g/mol. The van der Waals surface area contributed by atoms with E-state index in [0.717, 1.165) is 21.3 Å². The third kappa shape index (κ3) is 2.92. The highest BCUT2D eigenvalue weighted by Crippen LogP contribution is 2.32. The molecule has 0 aliphatic heterocycles. The van der Waals surface area contributed by atoms with Crippen LogP contribution in [0.1, 0.15) is 24.2 Å². The van der Waals surface area contributed by atoms with Gasteiger partial charge in [-0.1, -0.05) is 40.2 Å². The van der Waals surface area contributed by atoms with Crippen LogP contribution in [0.4, 0.5) is 0 Å². The van der Waals surface area contributed by atoms with Gasteiger partial charge in [-0.3, -0.25) is 0 Å². The van der Waals surface area contributed by atoms with Crippen molar-refractivity contribution < 1.29 is 9.84 Å². The number of rotatable bonds is 3. The van der Waals surface area contributed by atoms with Crippen LogP contribution in [0.5, 0.6) is 11.5 Å². The highest BCUT2D eigenvalue weighted by atomic mass is 79.9. The number of ether oxygens (including phenoxy) is 1. The van der Waals surface area contributed by atoms with Crippen molar-refractivity contribution in [1.82, 2.24) is 0 Å². The number of aliphatic hydroxyl groups is 1. The summed E-state index contributed by atoms with van der Waals surface area (Å²) in [4.78, 5) is 0. The Hall–Kier alpha value is -1.32. The molecule has 94 valence electrons. The summed E-state index contributed by atoms with van der Waals surface area (Å²) in [5.74, 6) is 1.48. The lowest BCUT2D eigenvalue weighted by atomic mass is 10.1. The molecule has 0 aromatic heterocycles. The van der Waals surface area contributed by atoms with Crippen molar-refractivity contribution >= 4 is 15.9 Å². The molecule has 1 unspecified atom stereocenters. The molecule has 0 bridgehead atoms. The van der Waals surface area contributed by atoms with E-state index in [2.05, 4.69) is 15.9 Å². The van der Waals surface area contributed by atoms with Crippen molar-refractivity contribution in [2.75, 3.05) is 0 Å². The van der Waals surface area contributed by atoms with Gasteiger partial charge in [0.2, 0.25) is 0 Å². The summed E-state index contributed by atoms with van der Waals surface area (Å²) in [5, 5.41) is 9.72. The Bertz CT molecular complexity index is 550. The largest absolute Gasteiger partial charge is 0.457 e. The van der Waals surface area contributed by atoms with Gasteiger partial charge in [-0.25, -0.2) is 0 Å². The predicted octanol–water partition coefficient (Wildman–Crippen LogP) is 4.60. The first-order valence-electron chi connectivity index (χ1n) is 5.79. The molecule has 2 rings (SSSR count). The second kappa shape index (κ2) is 5.55. The lowest BCUT2D eigenvalue weighted by Crippen LogP contribution is -1.96. The number of hydrogen-bond acceptors (Lipinski definition) is 2. The Kier molecular flexibility index (Phi) is 4.04. The van der Waals surface area contributed by atoms with Crippen LogP contribution in [0, 0.1) is 6.92 Å². The first-order valence-corrected chi connectivity index (χ1v) is 6.58. The molecule has 0 heterocycles. The Morgan fingerprint density at radius 3 is 2.56 bits per heavy atom. The molecule has 0 amide bonds. The minimum absolute atomic E-state index is 0.548. The van der Waals surface area contributed by atoms with E-state index in [9.17, 15) is 5.11 Å². The Morgan fingerprint density at radius 2 is 1.83 bits per heavy atom. The van der Waals surface area contributed by atoms with Gasteiger partial charge in [-0.15, -0.1) is 0 Å². The number of benzene rings is 2. The van der Waals surface area contributed by atoms with E-state index >= 15 is 0 Å². The van der Waals surface area contributed by atoms with Crippen molar-refractivity contribution in [1.29, 1.82) is 0 Å². The molecule has 0 aliphatic rings. The van der Waals surface area contributed by atoms with Gasteiger partial charge in [0.05, 0.1) is 6.10 Å². The zero-order chi connectivity index (χ0) is 13.1. The predicted molar refractivity (Wildman–Crippen MR) is 76.0 cm³/mol. The summed E-state index contributed by atoms with van der Waals surface area (Å²) < 4.78 is 6.86. The van der Waals surface area contributed by atoms with E-state index in [1.807, 2.05) is 49.4 Å². The molecule has 2 aromatic carbocycles. The van der Waals surface area contributed by atoms with E-state index in [1.165, 1.54) is 0 Å². The molecular weight excluding hydrogens is 292 g/mol. The van der Waals surface area contributed by atoms with Gasteiger partial charge < -0.3 is 9.84 Å². The molecule has 0 saturated heterocycles. The Labute approximate surface area is 115 Å². The molecule has 18 heavy (non-hydrogen) atoms. The molecule has 2 nitrogen and oxygen atoms in total. The fourth-order valence-electron chi connectivity index (χ4n) is 1.72. The summed E-state index contributed by atoms with van der Waals surface area (Å²) in [6.45, 7) is 3.72. The van der Waals surface area contributed by atoms with Crippen LogP contribution in [0.2, 0.25) is 0 Å². The number of aliphatic hydroxyl groups excluding tert-OH is 1. The van der Waals surface area contributed by atoms with Gasteiger partial charge >= 0.3 is 0 Å². The summed E-state index contributed by atoms with van der Waals surface area (Å²) >= 11 is 3.43. The molecular formula is C15H15BrO2. The Balaban J connectivity index is 2.37. The maximum atomic E-state index is 9.72. The number of para-hydroxylation sites is 1. The standard InChI is InChI=1S/C15H15BrO2/c1-10-7-8-12(16)9-15(10)18-14-6-4-3-5-13(14)11(2)17/h3-9,11,17H,1-2H3. The zero-order valence-electron chi connectivity index (χ0n) is 10.4. The van der Waals surface area contributed by atoms with Crippen LogP contribution >= 0.6 is 15.9 Å². The normalized spacial score (nSPS) is 12.2. The van der Waals surface area contributed by atoms with Crippen LogP contribution in [0.15, 0.2) is 46.9 Å². The second-order valence-corrected chi connectivity index (χ2v) is 5.14. The number of aryl methyl sites for hydroxylation is 1. The third-order valence-corrected chi connectivity index (χ3v) is 3.23. The summed E-state index contributed by atoms with van der Waals surface area (Å²) in [5.41, 5.74) is 1.84. The van der Waals surface area contributed by atoms with E-state index in [-0.39, 0.29) is 0 Å². The molecule has 0 spiro atoms. The maximum Gasteiger partial charge on any atom is 0.133 e. The zero-order valence-corrected chi connectivity index (χ0v) is 11.9. The fourth-order valence-corrected chi connectivity index (χ4v) is 2.06. The topological polar surface area (TPSA) is 29.5 Å². The summed E-state index contributed by atoms with van der Waals surface area (Å²) in [6, 6.07) is 13.4. The van der Waals surface area contributed by atoms with Gasteiger partial charge in [0.25, 0.3) is 0 Å². The van der Waals surface area contributed by atoms with Gasteiger partial charge in [0.1, 0.15) is 11.5 Å². The second-order valence-electron chi connectivity index (χ2n) is 4.23. The smallest absolute Gasteiger partial charge is 0.133 e. The highest BCUT2D eigenvalue weighted by Gasteiger charge is 2.10. The lowest BCUT2D eigenvalue weighted by molar-refractivity contribution is 0.195. The van der Waals surface area contributed by atoms with Gasteiger partial charge in [0, 0.05) is 10.0 Å². The van der Waals surface area contributed by atoms with Gasteiger partial charge in [-0.2, -0.15) is 0 Å². The molecule has 1 N–H and O–H groups in total. The van der Waals surface area contributed by atoms with Crippen LogP contribution in [0.3, 0.4) is 0 Å². The SMILES string of the molecule is Cc1ccc(Br)cc1Oc1ccccc1C(C)O. The van der Waals surface area contributed by atoms with E-state index in [0.29, 0.717) is 5.75 Å². The van der Waals surface area contributed by atoms with Crippen LogP contribution in [0.25, 0.3) is 0 Å². The molecule has 3 heteroatoms. The molecule has 0 aliphatic carbocycles. The average Bonchev–Trinajstić information content (AvgIpc) is 2.34. The highest BCUT2D eigenvalue weighted by molar-refractivity contribution is 9.10. The van der Waals surface area contributed by atoms with Crippen molar-refractivity contribution in [3.63, 3.8) is 0 Å². The van der Waals surface area contributed by atoms with Gasteiger partial charge in [-0.05, 0) is 37.6 Å². The lowest BCUT2D eigenvalue weighted by Gasteiger charge is -2.14. The first-order chi connectivity index (χ1) is 8.58. The van der Waals surface area contributed by atoms with Crippen LogP contribution in [-0.2, 0) is 0 Å². The maximum absolute atomic E-state index is 9.72. The van der Waals surface area contributed by atoms with E-state index in [1.54, 1.807) is 6.92 Å². The molecule has 0 radical (unpaired) electrons. The van der Waals surface area contributed by atoms with E-state index in [4.69, 9.17) is 4.74 Å². The number of hydrogen-bond donors (Lipinski definition) is 1. The van der Waals surface area contributed by atoms with Crippen molar-refractivity contribution in [3.05, 3.63) is 58.1 Å².